The van der Waals surface area contributed by atoms with E-state index in [-0.39, 0.29) is 17.8 Å². The summed E-state index contributed by atoms with van der Waals surface area (Å²) in [6, 6.07) is 9.34. The summed E-state index contributed by atoms with van der Waals surface area (Å²) in [5.74, 6) is 1.32. The molecule has 0 radical (unpaired) electrons. The lowest BCUT2D eigenvalue weighted by Gasteiger charge is -2.36. The van der Waals surface area contributed by atoms with Crippen LogP contribution in [0.15, 0.2) is 41.4 Å². The molecular formula is C25H28FN5O3S. The van der Waals surface area contributed by atoms with Crippen LogP contribution >= 0.6 is 11.8 Å². The molecule has 4 heterocycles. The molecule has 2 atom stereocenters. The minimum Gasteiger partial charge on any atom is -0.497 e. The smallest absolute Gasteiger partial charge is 0.235 e. The van der Waals surface area contributed by atoms with Crippen molar-refractivity contribution in [3.8, 4) is 5.75 Å². The molecule has 3 aromatic rings. The molecule has 2 aliphatic heterocycles. The molecule has 0 aliphatic carbocycles. The van der Waals surface area contributed by atoms with Gasteiger partial charge in [0.1, 0.15) is 17.4 Å². The fraction of sp³-hybridized carbons (Fsp3) is 0.400. The van der Waals surface area contributed by atoms with Crippen LogP contribution in [0.25, 0.3) is 10.9 Å². The monoisotopic (exact) mass is 497 g/mol. The zero-order chi connectivity index (χ0) is 24.4. The van der Waals surface area contributed by atoms with Gasteiger partial charge in [-0.15, -0.1) is 11.8 Å². The van der Waals surface area contributed by atoms with Crippen molar-refractivity contribution in [1.82, 2.24) is 20.2 Å². The van der Waals surface area contributed by atoms with Crippen LogP contribution in [0.2, 0.25) is 0 Å². The van der Waals surface area contributed by atoms with Gasteiger partial charge in [0.05, 0.1) is 41.3 Å². The number of nitrogens with one attached hydrogen (secondary N) is 2. The third-order valence-corrected chi connectivity index (χ3v) is 7.60. The number of thioether (sulfide) groups is 1. The summed E-state index contributed by atoms with van der Waals surface area (Å²) in [4.78, 5) is 23.5. The minimum atomic E-state index is -0.546. The first kappa shape index (κ1) is 23.9. The molecule has 184 valence electrons. The van der Waals surface area contributed by atoms with E-state index in [0.29, 0.717) is 48.9 Å². The number of aliphatic hydroxyl groups excluding tert-OH is 1. The Kier molecular flexibility index (Phi) is 7.14. The van der Waals surface area contributed by atoms with Gasteiger partial charge >= 0.3 is 0 Å². The van der Waals surface area contributed by atoms with E-state index < -0.39 is 6.10 Å². The van der Waals surface area contributed by atoms with Gasteiger partial charge in [-0.05, 0) is 49.7 Å². The van der Waals surface area contributed by atoms with Crippen molar-refractivity contribution in [3.05, 3.63) is 53.6 Å². The molecule has 2 aromatic heterocycles. The molecule has 0 unspecified atom stereocenters. The number of pyridine rings is 2. The van der Waals surface area contributed by atoms with Gasteiger partial charge in [0.25, 0.3) is 0 Å². The Balaban J connectivity index is 1.16. The van der Waals surface area contributed by atoms with Gasteiger partial charge in [-0.3, -0.25) is 9.78 Å². The third-order valence-electron chi connectivity index (χ3n) is 6.56. The van der Waals surface area contributed by atoms with Crippen molar-refractivity contribution in [2.75, 3.05) is 37.8 Å². The average molecular weight is 498 g/mol. The molecule has 8 nitrogen and oxygen atoms in total. The number of hydrogen-bond acceptors (Lipinski definition) is 8. The maximum Gasteiger partial charge on any atom is 0.235 e. The number of methoxy groups -OCH3 is 1. The second-order valence-electron chi connectivity index (χ2n) is 8.85. The van der Waals surface area contributed by atoms with Crippen molar-refractivity contribution in [3.63, 3.8) is 0 Å². The van der Waals surface area contributed by atoms with Crippen molar-refractivity contribution in [1.29, 1.82) is 0 Å². The number of carbonyl (C=O) groups excluding carboxylic acids is 1. The lowest BCUT2D eigenvalue weighted by Crippen LogP contribution is -2.52. The SMILES string of the molecule is COc1ccc2ncc(F)c(CCN3CC[C@H](NCc4ccc5c(n4)NC(=O)CS5)[C@@H](O)C3)c2c1. The maximum atomic E-state index is 14.6. The van der Waals surface area contributed by atoms with Gasteiger partial charge in [-0.2, -0.15) is 0 Å². The largest absolute Gasteiger partial charge is 0.497 e. The quantitative estimate of drug-likeness (QED) is 0.458. The molecule has 0 saturated carbocycles. The predicted octanol–water partition coefficient (Wildman–Crippen LogP) is 2.59. The number of β-amino-alcohol motifs (C(OH)–C–C–N with tert-alkyl or cyclic N) is 1. The number of amides is 1. The number of aliphatic hydroxyl groups is 1. The van der Waals surface area contributed by atoms with E-state index >= 15 is 0 Å². The van der Waals surface area contributed by atoms with Crippen LogP contribution in [0.3, 0.4) is 0 Å². The first-order chi connectivity index (χ1) is 17.0. The molecule has 10 heteroatoms. The maximum absolute atomic E-state index is 14.6. The fourth-order valence-electron chi connectivity index (χ4n) is 4.63. The Morgan fingerprint density at radius 2 is 2.23 bits per heavy atom. The van der Waals surface area contributed by atoms with E-state index in [1.165, 1.54) is 18.0 Å². The van der Waals surface area contributed by atoms with Gasteiger partial charge in [-0.25, -0.2) is 9.37 Å². The van der Waals surface area contributed by atoms with Gasteiger partial charge < -0.3 is 25.4 Å². The molecule has 1 amide bonds. The zero-order valence-corrected chi connectivity index (χ0v) is 20.3. The van der Waals surface area contributed by atoms with Crippen LogP contribution in [0.5, 0.6) is 5.75 Å². The highest BCUT2D eigenvalue weighted by atomic mass is 32.2. The topological polar surface area (TPSA) is 99.6 Å². The highest BCUT2D eigenvalue weighted by Gasteiger charge is 2.27. The molecule has 0 spiro atoms. The van der Waals surface area contributed by atoms with E-state index in [1.54, 1.807) is 7.11 Å². The lowest BCUT2D eigenvalue weighted by molar-refractivity contribution is -0.113. The van der Waals surface area contributed by atoms with Crippen LogP contribution in [0.4, 0.5) is 10.2 Å². The number of anilines is 1. The van der Waals surface area contributed by atoms with E-state index in [1.807, 2.05) is 30.3 Å². The Labute approximate surface area is 207 Å². The van der Waals surface area contributed by atoms with Crippen molar-refractivity contribution < 1.29 is 19.0 Å². The van der Waals surface area contributed by atoms with Crippen molar-refractivity contribution >= 4 is 34.4 Å². The molecule has 1 saturated heterocycles. The second kappa shape index (κ2) is 10.4. The predicted molar refractivity (Wildman–Crippen MR) is 133 cm³/mol. The van der Waals surface area contributed by atoms with E-state index in [4.69, 9.17) is 4.74 Å². The van der Waals surface area contributed by atoms with Gasteiger partial charge in [0.2, 0.25) is 5.91 Å². The summed E-state index contributed by atoms with van der Waals surface area (Å²) in [5, 5.41) is 17.7. The lowest BCUT2D eigenvalue weighted by atomic mass is 10.00. The number of piperidine rings is 1. The van der Waals surface area contributed by atoms with Crippen molar-refractivity contribution in [2.24, 2.45) is 0 Å². The zero-order valence-electron chi connectivity index (χ0n) is 19.5. The Morgan fingerprint density at radius 3 is 3.06 bits per heavy atom. The average Bonchev–Trinajstić information content (AvgIpc) is 2.87. The van der Waals surface area contributed by atoms with Gasteiger partial charge in [0, 0.05) is 36.6 Å². The Morgan fingerprint density at radius 1 is 1.34 bits per heavy atom. The normalized spacial score (nSPS) is 20.5. The molecule has 2 aliphatic rings. The fourth-order valence-corrected chi connectivity index (χ4v) is 5.39. The summed E-state index contributed by atoms with van der Waals surface area (Å²) in [5.41, 5.74) is 2.17. The molecule has 0 bridgehead atoms. The Bertz CT molecular complexity index is 1240. The summed E-state index contributed by atoms with van der Waals surface area (Å²) >= 11 is 1.48. The van der Waals surface area contributed by atoms with E-state index in [9.17, 15) is 14.3 Å². The molecule has 5 rings (SSSR count). The van der Waals surface area contributed by atoms with E-state index in [0.717, 1.165) is 34.5 Å². The summed E-state index contributed by atoms with van der Waals surface area (Å²) in [6.45, 7) is 2.45. The molecular weight excluding hydrogens is 469 g/mol. The molecule has 1 fully saturated rings. The standard InChI is InChI=1S/C25H28FN5O3S/c1-34-16-3-4-20-18(10-16)17(19(26)12-28-20)6-8-31-9-7-21(22(32)13-31)27-11-15-2-5-23-25(29-15)30-24(33)14-35-23/h2-5,10,12,21-22,27,32H,6-9,11,13-14H2,1H3,(H,29,30,33)/t21-,22-/m0/s1. The minimum absolute atomic E-state index is 0.0401. The number of hydrogen-bond donors (Lipinski definition) is 3. The number of aromatic nitrogens is 2. The summed E-state index contributed by atoms with van der Waals surface area (Å²) < 4.78 is 19.9. The first-order valence-corrected chi connectivity index (χ1v) is 12.7. The van der Waals surface area contributed by atoms with Gasteiger partial charge in [0.15, 0.2) is 0 Å². The van der Waals surface area contributed by atoms with Crippen LogP contribution in [-0.2, 0) is 17.8 Å². The van der Waals surface area contributed by atoms with E-state index in [2.05, 4.69) is 25.5 Å². The number of likely N-dealkylation sites (tertiary alicyclic amines) is 1. The molecule has 1 aromatic carbocycles. The number of carbonyl (C=O) groups is 1. The third kappa shape index (κ3) is 5.40. The number of rotatable bonds is 7. The highest BCUT2D eigenvalue weighted by molar-refractivity contribution is 8.00. The molecule has 3 N–H and O–H groups in total. The number of halogens is 1. The van der Waals surface area contributed by atoms with Crippen LogP contribution in [-0.4, -0.2) is 70.5 Å². The number of benzene rings is 1. The van der Waals surface area contributed by atoms with Crippen LogP contribution < -0.4 is 15.4 Å². The van der Waals surface area contributed by atoms with Crippen LogP contribution in [0, 0.1) is 5.82 Å². The Hall–Kier alpha value is -2.79. The van der Waals surface area contributed by atoms with Crippen molar-refractivity contribution in [2.45, 2.75) is 36.4 Å². The molecule has 35 heavy (non-hydrogen) atoms. The highest BCUT2D eigenvalue weighted by Crippen LogP contribution is 2.30. The number of nitrogens with zero attached hydrogens (tertiary/aromatic N) is 3. The second-order valence-corrected chi connectivity index (χ2v) is 9.87. The first-order valence-electron chi connectivity index (χ1n) is 11.7. The van der Waals surface area contributed by atoms with Gasteiger partial charge in [-0.1, -0.05) is 0 Å². The number of fused-ring (bicyclic) bond motifs is 2. The summed E-state index contributed by atoms with van der Waals surface area (Å²) in [7, 11) is 1.59. The summed E-state index contributed by atoms with van der Waals surface area (Å²) in [6.07, 6.45) is 2.02. The van der Waals surface area contributed by atoms with Crippen LogP contribution in [0.1, 0.15) is 17.7 Å². The number of ether oxygens (including phenoxy) is 1.